The molecule has 0 amide bonds. The van der Waals surface area contributed by atoms with Crippen molar-refractivity contribution in [3.8, 4) is 0 Å². The Bertz CT molecular complexity index is 954. The van der Waals surface area contributed by atoms with E-state index in [9.17, 15) is 24.3 Å². The van der Waals surface area contributed by atoms with Crippen molar-refractivity contribution in [1.82, 2.24) is 0 Å². The van der Waals surface area contributed by atoms with Crippen LogP contribution in [0.15, 0.2) is 0 Å². The number of aliphatic hydroxyl groups excluding tert-OH is 1. The van der Waals surface area contributed by atoms with Crippen molar-refractivity contribution >= 4 is 23.5 Å². The fraction of sp³-hybridized carbons (Fsp3) is 0.846. The van der Waals surface area contributed by atoms with Crippen molar-refractivity contribution in [1.29, 1.82) is 0 Å². The van der Waals surface area contributed by atoms with E-state index < -0.39 is 82.4 Å². The van der Waals surface area contributed by atoms with Crippen LogP contribution in [0.2, 0.25) is 0 Å². The largest absolute Gasteiger partial charge is 0.458 e. The second kappa shape index (κ2) is 8.32. The minimum atomic E-state index is -2.16. The number of fused-ring (bicyclic) bond motifs is 5. The number of alkyl halides is 2. The number of ether oxygens (including phenoxy) is 2. The van der Waals surface area contributed by atoms with Gasteiger partial charge in [0.05, 0.1) is 6.10 Å². The molecule has 0 bridgehead atoms. The van der Waals surface area contributed by atoms with Crippen molar-refractivity contribution in [3.05, 3.63) is 0 Å². The van der Waals surface area contributed by atoms with Gasteiger partial charge in [0.25, 0.3) is 0 Å². The van der Waals surface area contributed by atoms with Gasteiger partial charge in [0.2, 0.25) is 5.78 Å². The SMILES string of the molecule is CC(=O)OCC(=O)[C@@]1(OC(C)=O)[C@@H](C)C[C@H]2[C@@H]3C[C@H](F)[C@@H]4CC(=O)CC[C@]4(C)[C@@]3(F)[C@@H](O)C[C@@]21C. The highest BCUT2D eigenvalue weighted by molar-refractivity contribution is 5.93. The van der Waals surface area contributed by atoms with Crippen LogP contribution in [-0.2, 0) is 28.7 Å². The molecule has 0 aromatic heterocycles. The van der Waals surface area contributed by atoms with Crippen LogP contribution in [0, 0.1) is 34.5 Å². The van der Waals surface area contributed by atoms with Gasteiger partial charge in [-0.1, -0.05) is 20.8 Å². The van der Waals surface area contributed by atoms with Crippen LogP contribution < -0.4 is 0 Å². The lowest BCUT2D eigenvalue weighted by atomic mass is 9.41. The summed E-state index contributed by atoms with van der Waals surface area (Å²) in [5.74, 6) is -4.99. The molecule has 1 N–H and O–H groups in total. The molecule has 0 heterocycles. The Hall–Kier alpha value is -1.90. The molecule has 7 nitrogen and oxygen atoms in total. The van der Waals surface area contributed by atoms with Crippen LogP contribution in [0.4, 0.5) is 8.78 Å². The molecule has 0 radical (unpaired) electrons. The van der Waals surface area contributed by atoms with Gasteiger partial charge in [-0.25, -0.2) is 8.78 Å². The van der Waals surface area contributed by atoms with E-state index in [1.54, 1.807) is 20.8 Å². The van der Waals surface area contributed by atoms with Gasteiger partial charge < -0.3 is 14.6 Å². The van der Waals surface area contributed by atoms with Gasteiger partial charge in [0, 0.05) is 55.3 Å². The predicted molar refractivity (Wildman–Crippen MR) is 119 cm³/mol. The van der Waals surface area contributed by atoms with Crippen LogP contribution in [0.1, 0.15) is 73.1 Å². The molecule has 4 rings (SSSR count). The highest BCUT2D eigenvalue weighted by Gasteiger charge is 2.78. The molecule has 0 aromatic carbocycles. The molecular formula is C26H36F2O7. The van der Waals surface area contributed by atoms with Gasteiger partial charge in [-0.2, -0.15) is 0 Å². The first-order valence-corrected chi connectivity index (χ1v) is 12.5. The highest BCUT2D eigenvalue weighted by atomic mass is 19.1. The third kappa shape index (κ3) is 3.36. The molecule has 10 atom stereocenters. The molecule has 0 saturated heterocycles. The Morgan fingerprint density at radius 1 is 1.06 bits per heavy atom. The summed E-state index contributed by atoms with van der Waals surface area (Å²) >= 11 is 0. The van der Waals surface area contributed by atoms with Crippen LogP contribution in [0.25, 0.3) is 0 Å². The van der Waals surface area contributed by atoms with Crippen LogP contribution in [-0.4, -0.2) is 58.8 Å². The Kier molecular flexibility index (Phi) is 6.22. The summed E-state index contributed by atoms with van der Waals surface area (Å²) in [6, 6.07) is 0. The predicted octanol–water partition coefficient (Wildman–Crippen LogP) is 3.29. The van der Waals surface area contributed by atoms with Crippen molar-refractivity contribution in [2.75, 3.05) is 6.61 Å². The number of hydrogen-bond acceptors (Lipinski definition) is 7. The number of rotatable bonds is 4. The molecule has 4 fully saturated rings. The van der Waals surface area contributed by atoms with Gasteiger partial charge in [-0.15, -0.1) is 0 Å². The molecule has 4 aliphatic carbocycles. The second-order valence-corrected chi connectivity index (χ2v) is 11.8. The Morgan fingerprint density at radius 2 is 1.71 bits per heavy atom. The fourth-order valence-electron chi connectivity index (χ4n) is 8.72. The molecule has 196 valence electrons. The zero-order chi connectivity index (χ0) is 26.1. The first-order valence-electron chi connectivity index (χ1n) is 12.5. The third-order valence-corrected chi connectivity index (χ3v) is 10.2. The summed E-state index contributed by atoms with van der Waals surface area (Å²) < 4.78 is 43.7. The van der Waals surface area contributed by atoms with Gasteiger partial charge in [0.1, 0.15) is 17.6 Å². The van der Waals surface area contributed by atoms with E-state index in [2.05, 4.69) is 0 Å². The van der Waals surface area contributed by atoms with Crippen molar-refractivity contribution < 1.29 is 42.5 Å². The summed E-state index contributed by atoms with van der Waals surface area (Å²) in [6.45, 7) is 6.79. The first-order chi connectivity index (χ1) is 16.1. The van der Waals surface area contributed by atoms with E-state index in [1.165, 1.54) is 6.92 Å². The Morgan fingerprint density at radius 3 is 2.31 bits per heavy atom. The maximum atomic E-state index is 17.3. The average Bonchev–Trinajstić information content (AvgIpc) is 2.97. The smallest absolute Gasteiger partial charge is 0.303 e. The van der Waals surface area contributed by atoms with Crippen LogP contribution in [0.3, 0.4) is 0 Å². The van der Waals surface area contributed by atoms with Gasteiger partial charge >= 0.3 is 11.9 Å². The minimum absolute atomic E-state index is 0.0423. The number of carbonyl (C=O) groups excluding carboxylic acids is 4. The zero-order valence-corrected chi connectivity index (χ0v) is 21.1. The molecule has 0 spiro atoms. The van der Waals surface area contributed by atoms with Crippen LogP contribution in [0.5, 0.6) is 0 Å². The van der Waals surface area contributed by atoms with E-state index in [-0.39, 0.29) is 44.3 Å². The lowest BCUT2D eigenvalue weighted by molar-refractivity contribution is -0.267. The molecule has 4 aliphatic rings. The van der Waals surface area contributed by atoms with Crippen LogP contribution >= 0.6 is 0 Å². The van der Waals surface area contributed by atoms with E-state index in [0.717, 1.165) is 6.92 Å². The lowest BCUT2D eigenvalue weighted by Crippen LogP contribution is -2.73. The number of esters is 2. The average molecular weight is 499 g/mol. The summed E-state index contributed by atoms with van der Waals surface area (Å²) in [7, 11) is 0. The summed E-state index contributed by atoms with van der Waals surface area (Å²) in [4.78, 5) is 49.4. The van der Waals surface area contributed by atoms with Gasteiger partial charge in [-0.05, 0) is 31.6 Å². The van der Waals surface area contributed by atoms with Gasteiger partial charge in [-0.3, -0.25) is 19.2 Å². The minimum Gasteiger partial charge on any atom is -0.458 e. The standard InChI is InChI=1S/C26H36F2O7/c1-13-8-17-18-10-20(27)19-9-16(31)6-7-23(19,4)25(18,28)21(32)11-24(17,5)26(13,35-15(3)30)22(33)12-34-14(2)29/h13,17-21,32H,6-12H2,1-5H3/t13-,17-,18-,19-,20-,21-,23-,24-,25-,26-/m0/s1. The number of carbonyl (C=O) groups is 4. The molecule has 35 heavy (non-hydrogen) atoms. The normalized spacial score (nSPS) is 48.9. The van der Waals surface area contributed by atoms with Gasteiger partial charge in [0.15, 0.2) is 12.2 Å². The Balaban J connectivity index is 1.82. The van der Waals surface area contributed by atoms with Crippen molar-refractivity contribution in [2.24, 2.45) is 34.5 Å². The van der Waals surface area contributed by atoms with E-state index in [0.29, 0.717) is 0 Å². The third-order valence-electron chi connectivity index (χ3n) is 10.2. The molecule has 4 saturated carbocycles. The van der Waals surface area contributed by atoms with E-state index in [4.69, 9.17) is 9.47 Å². The summed E-state index contributed by atoms with van der Waals surface area (Å²) in [5, 5.41) is 11.5. The van der Waals surface area contributed by atoms with E-state index in [1.807, 2.05) is 0 Å². The van der Waals surface area contributed by atoms with Crippen molar-refractivity contribution in [3.63, 3.8) is 0 Å². The van der Waals surface area contributed by atoms with E-state index >= 15 is 8.78 Å². The maximum Gasteiger partial charge on any atom is 0.303 e. The zero-order valence-electron chi connectivity index (χ0n) is 21.1. The topological polar surface area (TPSA) is 107 Å². The number of ketones is 2. The van der Waals surface area contributed by atoms with Crippen molar-refractivity contribution in [2.45, 2.75) is 96.7 Å². The number of Topliss-reactive ketones (excluding diaryl/α,β-unsaturated/α-hetero) is 2. The highest BCUT2D eigenvalue weighted by Crippen LogP contribution is 2.72. The second-order valence-electron chi connectivity index (χ2n) is 11.8. The lowest BCUT2D eigenvalue weighted by Gasteiger charge is -2.65. The maximum absolute atomic E-state index is 17.3. The number of halogens is 2. The molecule has 0 aromatic rings. The molecule has 0 unspecified atom stereocenters. The molecular weight excluding hydrogens is 462 g/mol. The first kappa shape index (κ1) is 26.2. The molecule has 9 heteroatoms. The fourth-order valence-corrected chi connectivity index (χ4v) is 8.72. The summed E-state index contributed by atoms with van der Waals surface area (Å²) in [5.41, 5.74) is -6.35. The quantitative estimate of drug-likeness (QED) is 0.593. The summed E-state index contributed by atoms with van der Waals surface area (Å²) in [6.07, 6.45) is -2.80. The number of aliphatic hydroxyl groups is 1. The molecule has 0 aliphatic heterocycles. The Labute approximate surface area is 204 Å². The number of hydrogen-bond donors (Lipinski definition) is 1. The monoisotopic (exact) mass is 498 g/mol.